The molecule has 0 aromatic heterocycles. The van der Waals surface area contributed by atoms with Crippen molar-refractivity contribution in [1.82, 2.24) is 5.32 Å². The zero-order valence-electron chi connectivity index (χ0n) is 10.1. The fourth-order valence-corrected chi connectivity index (χ4v) is 1.82. The van der Waals surface area contributed by atoms with Crippen molar-refractivity contribution in [3.05, 3.63) is 35.9 Å². The zero-order chi connectivity index (χ0) is 11.8. The van der Waals surface area contributed by atoms with E-state index in [1.165, 1.54) is 5.56 Å². The van der Waals surface area contributed by atoms with Gasteiger partial charge >= 0.3 is 0 Å². The summed E-state index contributed by atoms with van der Waals surface area (Å²) in [6, 6.07) is 12.5. The summed E-state index contributed by atoms with van der Waals surface area (Å²) in [6.45, 7) is 5.06. The summed E-state index contributed by atoms with van der Waals surface area (Å²) < 4.78 is 0. The first kappa shape index (κ1) is 12.7. The highest BCUT2D eigenvalue weighted by Gasteiger charge is 2.14. The predicted octanol–water partition coefficient (Wildman–Crippen LogP) is 3.10. The van der Waals surface area contributed by atoms with E-state index in [0.717, 1.165) is 19.4 Å². The van der Waals surface area contributed by atoms with E-state index in [0.29, 0.717) is 5.92 Å². The minimum absolute atomic E-state index is 0.0415. The highest BCUT2D eigenvalue weighted by molar-refractivity contribution is 5.14. The van der Waals surface area contributed by atoms with E-state index >= 15 is 0 Å². The van der Waals surface area contributed by atoms with Crippen molar-refractivity contribution in [2.75, 3.05) is 0 Å². The Hall–Kier alpha value is -1.33. The van der Waals surface area contributed by atoms with Crippen molar-refractivity contribution in [2.24, 2.45) is 5.92 Å². The lowest BCUT2D eigenvalue weighted by Crippen LogP contribution is -2.33. The average Bonchev–Trinajstić information content (AvgIpc) is 2.31. The van der Waals surface area contributed by atoms with Crippen molar-refractivity contribution >= 4 is 0 Å². The molecule has 0 heterocycles. The van der Waals surface area contributed by atoms with Gasteiger partial charge in [-0.05, 0) is 17.9 Å². The Morgan fingerprint density at radius 3 is 2.56 bits per heavy atom. The van der Waals surface area contributed by atoms with Crippen LogP contribution >= 0.6 is 0 Å². The molecule has 0 saturated carbocycles. The topological polar surface area (TPSA) is 35.8 Å². The number of hydrogen-bond donors (Lipinski definition) is 1. The Bertz CT molecular complexity index is 326. The van der Waals surface area contributed by atoms with Gasteiger partial charge in [0.05, 0.1) is 12.1 Å². The van der Waals surface area contributed by atoms with Crippen molar-refractivity contribution < 1.29 is 0 Å². The van der Waals surface area contributed by atoms with Gasteiger partial charge in [-0.3, -0.25) is 5.32 Å². The fourth-order valence-electron chi connectivity index (χ4n) is 1.82. The molecule has 1 aromatic rings. The molecule has 2 atom stereocenters. The van der Waals surface area contributed by atoms with Crippen LogP contribution in [-0.2, 0) is 6.54 Å². The van der Waals surface area contributed by atoms with Crippen molar-refractivity contribution in [3.8, 4) is 6.07 Å². The molecule has 1 rings (SSSR count). The highest BCUT2D eigenvalue weighted by Crippen LogP contribution is 2.10. The molecule has 86 valence electrons. The van der Waals surface area contributed by atoms with Crippen LogP contribution in [0.1, 0.15) is 32.3 Å². The van der Waals surface area contributed by atoms with E-state index in [4.69, 9.17) is 5.26 Å². The lowest BCUT2D eigenvalue weighted by molar-refractivity contribution is 0.412. The van der Waals surface area contributed by atoms with Gasteiger partial charge in [0, 0.05) is 6.54 Å². The first-order chi connectivity index (χ1) is 7.77. The summed E-state index contributed by atoms with van der Waals surface area (Å²) >= 11 is 0. The Labute approximate surface area is 98.3 Å². The van der Waals surface area contributed by atoms with Crippen molar-refractivity contribution in [3.63, 3.8) is 0 Å². The minimum Gasteiger partial charge on any atom is -0.298 e. The Morgan fingerprint density at radius 2 is 2.00 bits per heavy atom. The molecule has 16 heavy (non-hydrogen) atoms. The summed E-state index contributed by atoms with van der Waals surface area (Å²) in [5.74, 6) is 0.415. The van der Waals surface area contributed by atoms with Crippen LogP contribution in [0.2, 0.25) is 0 Å². The molecule has 0 spiro atoms. The molecule has 0 aliphatic heterocycles. The van der Waals surface area contributed by atoms with Crippen LogP contribution in [0.25, 0.3) is 0 Å². The predicted molar refractivity (Wildman–Crippen MR) is 66.8 cm³/mol. The molecular formula is C14H20N2. The van der Waals surface area contributed by atoms with Crippen LogP contribution < -0.4 is 5.32 Å². The van der Waals surface area contributed by atoms with E-state index in [-0.39, 0.29) is 6.04 Å². The van der Waals surface area contributed by atoms with E-state index in [9.17, 15) is 0 Å². The highest BCUT2D eigenvalue weighted by atomic mass is 14.9. The summed E-state index contributed by atoms with van der Waals surface area (Å²) in [5, 5.41) is 12.4. The molecule has 0 aliphatic carbocycles. The molecule has 0 bridgehead atoms. The van der Waals surface area contributed by atoms with Gasteiger partial charge in [0.2, 0.25) is 0 Å². The average molecular weight is 216 g/mol. The Kier molecular flexibility index (Phi) is 5.60. The summed E-state index contributed by atoms with van der Waals surface area (Å²) in [4.78, 5) is 0. The molecule has 2 unspecified atom stereocenters. The quantitative estimate of drug-likeness (QED) is 0.793. The molecule has 2 heteroatoms. The van der Waals surface area contributed by atoms with E-state index in [2.05, 4.69) is 37.4 Å². The number of hydrogen-bond acceptors (Lipinski definition) is 2. The van der Waals surface area contributed by atoms with Gasteiger partial charge in [-0.15, -0.1) is 0 Å². The molecule has 0 amide bonds. The lowest BCUT2D eigenvalue weighted by Gasteiger charge is -2.18. The van der Waals surface area contributed by atoms with Gasteiger partial charge in [0.15, 0.2) is 0 Å². The van der Waals surface area contributed by atoms with Gasteiger partial charge in [0.25, 0.3) is 0 Å². The van der Waals surface area contributed by atoms with Crippen LogP contribution in [0.3, 0.4) is 0 Å². The molecular weight excluding hydrogens is 196 g/mol. The monoisotopic (exact) mass is 216 g/mol. The lowest BCUT2D eigenvalue weighted by atomic mass is 9.98. The Balaban J connectivity index is 2.43. The van der Waals surface area contributed by atoms with Crippen LogP contribution in [0.5, 0.6) is 0 Å². The number of nitrogens with one attached hydrogen (secondary N) is 1. The van der Waals surface area contributed by atoms with Gasteiger partial charge in [-0.25, -0.2) is 0 Å². The molecule has 0 radical (unpaired) electrons. The second-order valence-electron chi connectivity index (χ2n) is 4.24. The standard InChI is InChI=1S/C14H20N2/c1-3-7-12(2)14(10-15)16-11-13-8-5-4-6-9-13/h4-6,8-9,12,14,16H,3,7,11H2,1-2H3. The van der Waals surface area contributed by atoms with Gasteiger partial charge in [-0.1, -0.05) is 50.6 Å². The van der Waals surface area contributed by atoms with Crippen LogP contribution in [0, 0.1) is 17.2 Å². The number of rotatable bonds is 6. The molecule has 1 N–H and O–H groups in total. The zero-order valence-corrected chi connectivity index (χ0v) is 10.1. The van der Waals surface area contributed by atoms with Crippen LogP contribution in [0.15, 0.2) is 30.3 Å². The largest absolute Gasteiger partial charge is 0.298 e. The normalized spacial score (nSPS) is 14.1. The van der Waals surface area contributed by atoms with Gasteiger partial charge in [-0.2, -0.15) is 5.26 Å². The third-order valence-electron chi connectivity index (χ3n) is 2.82. The van der Waals surface area contributed by atoms with E-state index < -0.39 is 0 Å². The summed E-state index contributed by atoms with van der Waals surface area (Å²) in [5.41, 5.74) is 1.23. The first-order valence-corrected chi connectivity index (χ1v) is 5.94. The molecule has 0 saturated heterocycles. The maximum atomic E-state index is 9.09. The van der Waals surface area contributed by atoms with Crippen molar-refractivity contribution in [1.29, 1.82) is 5.26 Å². The third-order valence-corrected chi connectivity index (χ3v) is 2.82. The molecule has 1 aromatic carbocycles. The fraction of sp³-hybridized carbons (Fsp3) is 0.500. The minimum atomic E-state index is -0.0415. The van der Waals surface area contributed by atoms with Crippen LogP contribution in [0.4, 0.5) is 0 Å². The second kappa shape index (κ2) is 7.03. The Morgan fingerprint density at radius 1 is 1.31 bits per heavy atom. The maximum Gasteiger partial charge on any atom is 0.0981 e. The van der Waals surface area contributed by atoms with Gasteiger partial charge < -0.3 is 0 Å². The number of nitrogens with zero attached hydrogens (tertiary/aromatic N) is 1. The SMILES string of the molecule is CCCC(C)C(C#N)NCc1ccccc1. The smallest absolute Gasteiger partial charge is 0.0981 e. The maximum absolute atomic E-state index is 9.09. The molecule has 0 fully saturated rings. The second-order valence-corrected chi connectivity index (χ2v) is 4.24. The van der Waals surface area contributed by atoms with Gasteiger partial charge in [0.1, 0.15) is 0 Å². The summed E-state index contributed by atoms with van der Waals surface area (Å²) in [6.07, 6.45) is 2.23. The number of benzene rings is 1. The summed E-state index contributed by atoms with van der Waals surface area (Å²) in [7, 11) is 0. The molecule has 0 aliphatic rings. The van der Waals surface area contributed by atoms with E-state index in [1.54, 1.807) is 0 Å². The number of nitriles is 1. The molecule has 2 nitrogen and oxygen atoms in total. The first-order valence-electron chi connectivity index (χ1n) is 5.94. The van der Waals surface area contributed by atoms with Crippen LogP contribution in [-0.4, -0.2) is 6.04 Å². The van der Waals surface area contributed by atoms with E-state index in [1.807, 2.05) is 18.2 Å². The van der Waals surface area contributed by atoms with Crippen molar-refractivity contribution in [2.45, 2.75) is 39.3 Å². The third kappa shape index (κ3) is 4.04.